The van der Waals surface area contributed by atoms with Crippen LogP contribution in [0.1, 0.15) is 96.6 Å². The van der Waals surface area contributed by atoms with Crippen molar-refractivity contribution in [2.75, 3.05) is 5.73 Å². The third kappa shape index (κ3) is 22.1. The number of nitrogens with two attached hydrogens (primary N) is 1. The molecule has 2 aromatic carbocycles. The summed E-state index contributed by atoms with van der Waals surface area (Å²) in [5, 5.41) is 8.53. The Morgan fingerprint density at radius 3 is 1.39 bits per heavy atom. The molecule has 0 amide bonds. The van der Waals surface area contributed by atoms with Gasteiger partial charge in [0.2, 0.25) is 5.39 Å². The lowest BCUT2D eigenvalue weighted by Gasteiger charge is -2.01. The Kier molecular flexibility index (Phi) is 31.8. The summed E-state index contributed by atoms with van der Waals surface area (Å²) in [5.41, 5.74) is 9.86. The van der Waals surface area contributed by atoms with Crippen molar-refractivity contribution in [3.63, 3.8) is 0 Å². The van der Waals surface area contributed by atoms with E-state index in [4.69, 9.17) is 11.1 Å². The molecule has 0 aliphatic carbocycles. The number of nitrogens with zero attached hydrogens (tertiary/aromatic N) is 2. The number of nitrogen functional groups attached to an aromatic ring is 1. The zero-order valence-corrected chi connectivity index (χ0v) is 26.4. The minimum atomic E-state index is 0. The Morgan fingerprint density at radius 1 is 0.667 bits per heavy atom. The molecule has 2 N–H and O–H groups in total. The smallest absolute Gasteiger partial charge is 0.385 e. The van der Waals surface area contributed by atoms with Gasteiger partial charge in [0.15, 0.2) is 4.98 Å². The fourth-order valence-corrected chi connectivity index (χ4v) is 3.28. The Hall–Kier alpha value is -0.150. The Morgan fingerprint density at radius 2 is 1.03 bits per heavy atom. The van der Waals surface area contributed by atoms with Crippen LogP contribution in [0, 0.1) is 5.39 Å². The van der Waals surface area contributed by atoms with E-state index in [0.29, 0.717) is 5.69 Å². The minimum Gasteiger partial charge on any atom is -0.399 e. The van der Waals surface area contributed by atoms with Crippen LogP contribution in [-0.2, 0) is 12.8 Å². The molecule has 0 saturated carbocycles. The van der Waals surface area contributed by atoms with Crippen LogP contribution in [0.25, 0.3) is 4.98 Å². The molecule has 0 fully saturated rings. The van der Waals surface area contributed by atoms with Crippen LogP contribution in [0.2, 0.25) is 0 Å². The van der Waals surface area contributed by atoms with Gasteiger partial charge >= 0.3 is 5.69 Å². The minimum absolute atomic E-state index is 0. The number of unbranched alkanes of at least 4 members (excludes halogenated alkanes) is 8. The number of aryl methyl sites for hydroxylation is 2. The van der Waals surface area contributed by atoms with Crippen LogP contribution in [0.4, 0.5) is 11.4 Å². The maximum Gasteiger partial charge on any atom is 0.385 e. The average molecular weight is 792 g/mol. The van der Waals surface area contributed by atoms with E-state index in [1.807, 2.05) is 36.4 Å². The summed E-state index contributed by atoms with van der Waals surface area (Å²) in [4.78, 5) is 3.13. The van der Waals surface area contributed by atoms with Gasteiger partial charge in [0.05, 0.1) is 0 Å². The Bertz CT molecular complexity index is 683. The molecule has 0 bridgehead atoms. The van der Waals surface area contributed by atoms with E-state index < -0.39 is 0 Å². The monoisotopic (exact) mass is 792 g/mol. The molecule has 2 rings (SSSR count). The molecule has 0 saturated heterocycles. The fourth-order valence-electron chi connectivity index (χ4n) is 3.28. The normalized spacial score (nSPS) is 9.06. The summed E-state index contributed by atoms with van der Waals surface area (Å²) in [6, 6.07) is 16.0. The zero-order chi connectivity index (χ0) is 23.2. The molecule has 188 valence electrons. The first-order valence-corrected chi connectivity index (χ1v) is 17.9. The van der Waals surface area contributed by atoms with Crippen molar-refractivity contribution >= 4 is 72.6 Å². The molecule has 2 aromatic rings. The van der Waals surface area contributed by atoms with Gasteiger partial charge in [-0.15, -0.1) is 24.0 Å². The van der Waals surface area contributed by atoms with Gasteiger partial charge in [0.25, 0.3) is 0 Å². The summed E-state index contributed by atoms with van der Waals surface area (Å²) < 4.78 is 0. The lowest BCUT2D eigenvalue weighted by atomic mass is 10.1. The summed E-state index contributed by atoms with van der Waals surface area (Å²) >= 11 is 4.24. The maximum atomic E-state index is 8.53. The Balaban J connectivity index is -0.000000481. The van der Waals surface area contributed by atoms with Crippen molar-refractivity contribution in [2.45, 2.75) is 98.3 Å². The molecule has 33 heavy (non-hydrogen) atoms. The first-order chi connectivity index (χ1) is 15.2. The number of rotatable bonds is 12. The molecule has 3 nitrogen and oxygen atoms in total. The largest absolute Gasteiger partial charge is 0.399 e. The molecule has 0 aliphatic heterocycles. The molecule has 0 aliphatic rings. The van der Waals surface area contributed by atoms with Crippen molar-refractivity contribution in [1.82, 2.24) is 0 Å². The molecule has 0 spiro atoms. The van der Waals surface area contributed by atoms with Crippen LogP contribution in [0.3, 0.4) is 0 Å². The first-order valence-electron chi connectivity index (χ1n) is 11.6. The van der Waals surface area contributed by atoms with E-state index >= 15 is 0 Å². The highest BCUT2D eigenvalue weighted by Crippen LogP contribution is 2.15. The molecular formula is C27H45I3N3+. The van der Waals surface area contributed by atoms with E-state index in [9.17, 15) is 0 Å². The second-order valence-corrected chi connectivity index (χ2v) is 7.84. The molecule has 6 heteroatoms. The molecule has 0 atom stereocenters. The molecule has 0 aromatic heterocycles. The third-order valence-corrected chi connectivity index (χ3v) is 5.17. The predicted molar refractivity (Wildman–Crippen MR) is 177 cm³/mol. The van der Waals surface area contributed by atoms with Gasteiger partial charge < -0.3 is 5.73 Å². The van der Waals surface area contributed by atoms with E-state index in [0.717, 1.165) is 12.1 Å². The van der Waals surface area contributed by atoms with Crippen LogP contribution in [0.5, 0.6) is 0 Å². The van der Waals surface area contributed by atoms with Crippen molar-refractivity contribution < 1.29 is 0 Å². The Labute approximate surface area is 244 Å². The van der Waals surface area contributed by atoms with Gasteiger partial charge in [-0.1, -0.05) is 96.9 Å². The number of hydrogen-bond acceptors (Lipinski definition) is 2. The van der Waals surface area contributed by atoms with E-state index in [-0.39, 0.29) is 31.4 Å². The highest BCUT2D eigenvalue weighted by Gasteiger charge is 2.02. The van der Waals surface area contributed by atoms with Gasteiger partial charge in [-0.2, -0.15) is 0 Å². The number of halogens is 3. The zero-order valence-electron chi connectivity index (χ0n) is 19.7. The van der Waals surface area contributed by atoms with Gasteiger partial charge in [-0.05, 0) is 48.9 Å². The number of anilines is 1. The van der Waals surface area contributed by atoms with Gasteiger partial charge in [0, 0.05) is 55.1 Å². The lowest BCUT2D eigenvalue weighted by Crippen LogP contribution is -1.88. The van der Waals surface area contributed by atoms with Crippen molar-refractivity contribution in [3.05, 3.63) is 64.6 Å². The summed E-state index contributed by atoms with van der Waals surface area (Å²) in [6.45, 7) is 4.48. The van der Waals surface area contributed by atoms with Gasteiger partial charge in [-0.25, -0.2) is 0 Å². The number of benzene rings is 2. The quantitative estimate of drug-likeness (QED) is 0.101. The molecular weight excluding hydrogens is 747 g/mol. The molecule has 0 unspecified atom stereocenters. The van der Waals surface area contributed by atoms with Crippen LogP contribution in [0.15, 0.2) is 48.5 Å². The van der Waals surface area contributed by atoms with Crippen LogP contribution < -0.4 is 5.73 Å². The topological polar surface area (TPSA) is 54.2 Å². The van der Waals surface area contributed by atoms with Crippen LogP contribution >= 0.6 is 61.2 Å². The van der Waals surface area contributed by atoms with Crippen molar-refractivity contribution in [2.24, 2.45) is 0 Å². The van der Waals surface area contributed by atoms with E-state index in [1.54, 1.807) is 0 Å². The first kappa shape index (κ1) is 37.4. The summed E-state index contributed by atoms with van der Waals surface area (Å²) in [7, 11) is 0. The standard InChI is InChI=1S/C13H19N2.C13H21N.CH4.I2.HI/c1-2-3-4-5-6-7-12-8-10-13(15-14)11-9-12;1-2-3-4-5-6-7-12-8-10-13(14)11-9-12;;1-2;/h8-11H,2-7H2,1H3;8-11H,2-7,14H2,1H3;1H4;;1H/q+1;;;;. The highest BCUT2D eigenvalue weighted by atomic mass is 128. The average Bonchev–Trinajstić information content (AvgIpc) is 2.82. The molecule has 0 radical (unpaired) electrons. The van der Waals surface area contributed by atoms with Gasteiger partial charge in [0.1, 0.15) is 0 Å². The lowest BCUT2D eigenvalue weighted by molar-refractivity contribution is 0.632. The predicted octanol–water partition coefficient (Wildman–Crippen LogP) is 11.5. The summed E-state index contributed by atoms with van der Waals surface area (Å²) in [6.07, 6.45) is 15.7. The van der Waals surface area contributed by atoms with E-state index in [2.05, 4.69) is 68.2 Å². The number of hydrogen-bond donors (Lipinski definition) is 1. The van der Waals surface area contributed by atoms with Crippen LogP contribution in [-0.4, -0.2) is 0 Å². The third-order valence-electron chi connectivity index (χ3n) is 5.17. The fraction of sp³-hybridized carbons (Fsp3) is 0.556. The molecule has 0 heterocycles. The SMILES string of the molecule is C.CCCCCCCc1ccc(N)cc1.CCCCCCCc1ccc([N+]#N)cc1.I.II. The second-order valence-electron chi connectivity index (χ2n) is 7.84. The van der Waals surface area contributed by atoms with E-state index in [1.165, 1.54) is 81.8 Å². The highest BCUT2D eigenvalue weighted by molar-refractivity contribution is 15.0. The van der Waals surface area contributed by atoms with Crippen molar-refractivity contribution in [3.8, 4) is 0 Å². The van der Waals surface area contributed by atoms with Crippen molar-refractivity contribution in [1.29, 1.82) is 5.39 Å². The van der Waals surface area contributed by atoms with Gasteiger partial charge in [-0.3, -0.25) is 0 Å². The maximum absolute atomic E-state index is 8.53. The number of diazo groups is 1. The summed E-state index contributed by atoms with van der Waals surface area (Å²) in [5.74, 6) is 0. The second kappa shape index (κ2) is 28.1.